The Morgan fingerprint density at radius 3 is 2.55 bits per heavy atom. The zero-order valence-corrected chi connectivity index (χ0v) is 13.0. The van der Waals surface area contributed by atoms with Gasteiger partial charge in [0.2, 0.25) is 0 Å². The van der Waals surface area contributed by atoms with Crippen molar-refractivity contribution in [3.63, 3.8) is 0 Å². The summed E-state index contributed by atoms with van der Waals surface area (Å²) in [4.78, 5) is 4.17. The summed E-state index contributed by atoms with van der Waals surface area (Å²) in [5, 5.41) is 6.53. The zero-order chi connectivity index (χ0) is 15.0. The molecular formula is C15H25N3O2. The van der Waals surface area contributed by atoms with Crippen LogP contribution in [-0.4, -0.2) is 39.8 Å². The first-order valence-electron chi connectivity index (χ1n) is 6.78. The fourth-order valence-corrected chi connectivity index (χ4v) is 1.86. The number of rotatable bonds is 6. The highest BCUT2D eigenvalue weighted by Crippen LogP contribution is 2.23. The Morgan fingerprint density at radius 2 is 2.00 bits per heavy atom. The van der Waals surface area contributed by atoms with Crippen LogP contribution >= 0.6 is 0 Å². The molecule has 0 unspecified atom stereocenters. The number of guanidine groups is 1. The molecule has 0 fully saturated rings. The summed E-state index contributed by atoms with van der Waals surface area (Å²) in [5.41, 5.74) is 1.11. The van der Waals surface area contributed by atoms with Gasteiger partial charge in [-0.3, -0.25) is 4.99 Å². The number of ether oxygens (including phenoxy) is 2. The standard InChI is InChI=1S/C15H25N3O2/c1-11(2)18-15(16-3)17-9-8-12-10-13(19-4)6-7-14(12)20-5/h6-7,10-11H,8-9H2,1-5H3,(H2,16,17,18). The second kappa shape index (κ2) is 8.30. The first-order chi connectivity index (χ1) is 9.60. The average molecular weight is 279 g/mol. The van der Waals surface area contributed by atoms with Crippen LogP contribution in [0.25, 0.3) is 0 Å². The van der Waals surface area contributed by atoms with Crippen molar-refractivity contribution in [3.05, 3.63) is 23.8 Å². The second-order valence-corrected chi connectivity index (χ2v) is 4.73. The van der Waals surface area contributed by atoms with Crippen molar-refractivity contribution < 1.29 is 9.47 Å². The average Bonchev–Trinajstić information content (AvgIpc) is 2.45. The van der Waals surface area contributed by atoms with Gasteiger partial charge >= 0.3 is 0 Å². The molecule has 20 heavy (non-hydrogen) atoms. The molecule has 112 valence electrons. The summed E-state index contributed by atoms with van der Waals surface area (Å²) >= 11 is 0. The third-order valence-electron chi connectivity index (χ3n) is 2.82. The van der Waals surface area contributed by atoms with Gasteiger partial charge in [0.25, 0.3) is 0 Å². The van der Waals surface area contributed by atoms with Gasteiger partial charge in [-0.15, -0.1) is 0 Å². The maximum absolute atomic E-state index is 5.36. The van der Waals surface area contributed by atoms with Crippen LogP contribution in [0.2, 0.25) is 0 Å². The van der Waals surface area contributed by atoms with E-state index >= 15 is 0 Å². The van der Waals surface area contributed by atoms with E-state index in [9.17, 15) is 0 Å². The Morgan fingerprint density at radius 1 is 1.25 bits per heavy atom. The number of nitrogens with one attached hydrogen (secondary N) is 2. The van der Waals surface area contributed by atoms with Gasteiger partial charge in [0, 0.05) is 19.6 Å². The number of hydrogen-bond donors (Lipinski definition) is 2. The molecule has 2 N–H and O–H groups in total. The number of hydrogen-bond acceptors (Lipinski definition) is 3. The summed E-state index contributed by atoms with van der Waals surface area (Å²) < 4.78 is 10.6. The van der Waals surface area contributed by atoms with Crippen LogP contribution in [0.15, 0.2) is 23.2 Å². The molecule has 0 atom stereocenters. The van der Waals surface area contributed by atoms with Crippen LogP contribution < -0.4 is 20.1 Å². The lowest BCUT2D eigenvalue weighted by atomic mass is 10.1. The lowest BCUT2D eigenvalue weighted by Crippen LogP contribution is -2.41. The van der Waals surface area contributed by atoms with Crippen LogP contribution in [0.1, 0.15) is 19.4 Å². The molecule has 0 aliphatic carbocycles. The normalized spacial score (nSPS) is 11.4. The monoisotopic (exact) mass is 279 g/mol. The van der Waals surface area contributed by atoms with Crippen molar-refractivity contribution in [2.45, 2.75) is 26.3 Å². The molecule has 0 spiro atoms. The Balaban J connectivity index is 2.60. The van der Waals surface area contributed by atoms with Crippen LogP contribution in [0.4, 0.5) is 0 Å². The molecule has 5 heteroatoms. The summed E-state index contributed by atoms with van der Waals surface area (Å²) in [6.07, 6.45) is 0.833. The van der Waals surface area contributed by atoms with E-state index in [1.54, 1.807) is 21.3 Å². The summed E-state index contributed by atoms with van der Waals surface area (Å²) in [7, 11) is 5.11. The number of benzene rings is 1. The third kappa shape index (κ3) is 4.99. The Hall–Kier alpha value is -1.91. The van der Waals surface area contributed by atoms with Crippen LogP contribution in [0, 0.1) is 0 Å². The molecule has 0 aliphatic heterocycles. The van der Waals surface area contributed by atoms with Crippen molar-refractivity contribution in [2.75, 3.05) is 27.8 Å². The van der Waals surface area contributed by atoms with Gasteiger partial charge in [-0.25, -0.2) is 0 Å². The largest absolute Gasteiger partial charge is 0.497 e. The van der Waals surface area contributed by atoms with Crippen LogP contribution in [0.3, 0.4) is 0 Å². The first kappa shape index (κ1) is 16.1. The lowest BCUT2D eigenvalue weighted by Gasteiger charge is -2.15. The van der Waals surface area contributed by atoms with Crippen LogP contribution in [-0.2, 0) is 6.42 Å². The van der Waals surface area contributed by atoms with E-state index in [0.717, 1.165) is 36.0 Å². The molecule has 1 aromatic carbocycles. The smallest absolute Gasteiger partial charge is 0.191 e. The van der Waals surface area contributed by atoms with Gasteiger partial charge in [-0.05, 0) is 44.0 Å². The third-order valence-corrected chi connectivity index (χ3v) is 2.82. The van der Waals surface area contributed by atoms with Crippen molar-refractivity contribution in [2.24, 2.45) is 4.99 Å². The molecule has 0 saturated carbocycles. The van der Waals surface area contributed by atoms with E-state index in [2.05, 4.69) is 29.5 Å². The predicted octanol–water partition coefficient (Wildman–Crippen LogP) is 1.82. The van der Waals surface area contributed by atoms with Gasteiger partial charge in [-0.2, -0.15) is 0 Å². The molecule has 5 nitrogen and oxygen atoms in total. The highest BCUT2D eigenvalue weighted by molar-refractivity contribution is 5.79. The summed E-state index contributed by atoms with van der Waals surface area (Å²) in [6, 6.07) is 6.18. The van der Waals surface area contributed by atoms with Crippen molar-refractivity contribution in [1.29, 1.82) is 0 Å². The van der Waals surface area contributed by atoms with E-state index in [-0.39, 0.29) is 0 Å². The number of methoxy groups -OCH3 is 2. The summed E-state index contributed by atoms with van der Waals surface area (Å²) in [5.74, 6) is 2.52. The SMILES string of the molecule is CN=C(NCCc1cc(OC)ccc1OC)NC(C)C. The van der Waals surface area contributed by atoms with Crippen molar-refractivity contribution >= 4 is 5.96 Å². The van der Waals surface area contributed by atoms with Crippen molar-refractivity contribution in [1.82, 2.24) is 10.6 Å². The Bertz CT molecular complexity index is 445. The van der Waals surface area contributed by atoms with E-state index in [0.29, 0.717) is 6.04 Å². The minimum absolute atomic E-state index is 0.354. The minimum Gasteiger partial charge on any atom is -0.497 e. The fraction of sp³-hybridized carbons (Fsp3) is 0.533. The zero-order valence-electron chi connectivity index (χ0n) is 13.0. The minimum atomic E-state index is 0.354. The Kier molecular flexibility index (Phi) is 6.70. The van der Waals surface area contributed by atoms with Gasteiger partial charge in [0.05, 0.1) is 14.2 Å². The number of nitrogens with zero attached hydrogens (tertiary/aromatic N) is 1. The molecule has 0 aliphatic rings. The molecule has 0 heterocycles. The molecular weight excluding hydrogens is 254 g/mol. The molecule has 0 amide bonds. The molecule has 0 radical (unpaired) electrons. The molecule has 1 aromatic rings. The molecule has 1 rings (SSSR count). The molecule has 0 aromatic heterocycles. The van der Waals surface area contributed by atoms with E-state index in [1.165, 1.54) is 0 Å². The quantitative estimate of drug-likeness (QED) is 0.616. The maximum Gasteiger partial charge on any atom is 0.191 e. The highest BCUT2D eigenvalue weighted by Gasteiger charge is 2.06. The van der Waals surface area contributed by atoms with Gasteiger partial charge in [-0.1, -0.05) is 0 Å². The van der Waals surface area contributed by atoms with Gasteiger partial charge in [0.1, 0.15) is 11.5 Å². The van der Waals surface area contributed by atoms with Crippen LogP contribution in [0.5, 0.6) is 11.5 Å². The summed E-state index contributed by atoms with van der Waals surface area (Å²) in [6.45, 7) is 4.94. The van der Waals surface area contributed by atoms with E-state index < -0.39 is 0 Å². The first-order valence-corrected chi connectivity index (χ1v) is 6.78. The molecule has 0 bridgehead atoms. The van der Waals surface area contributed by atoms with E-state index in [4.69, 9.17) is 9.47 Å². The lowest BCUT2D eigenvalue weighted by molar-refractivity contribution is 0.398. The predicted molar refractivity (Wildman–Crippen MR) is 82.9 cm³/mol. The Labute approximate surface area is 121 Å². The highest BCUT2D eigenvalue weighted by atomic mass is 16.5. The van der Waals surface area contributed by atoms with E-state index in [1.807, 2.05) is 18.2 Å². The molecule has 0 saturated heterocycles. The second-order valence-electron chi connectivity index (χ2n) is 4.73. The van der Waals surface area contributed by atoms with Crippen molar-refractivity contribution in [3.8, 4) is 11.5 Å². The fourth-order valence-electron chi connectivity index (χ4n) is 1.86. The number of aliphatic imine (C=N–C) groups is 1. The van der Waals surface area contributed by atoms with Gasteiger partial charge in [0.15, 0.2) is 5.96 Å². The topological polar surface area (TPSA) is 54.9 Å². The maximum atomic E-state index is 5.36. The van der Waals surface area contributed by atoms with Gasteiger partial charge < -0.3 is 20.1 Å².